The minimum atomic E-state index is 0.236. The highest BCUT2D eigenvalue weighted by molar-refractivity contribution is 5.68. The van der Waals surface area contributed by atoms with E-state index in [4.69, 9.17) is 0 Å². The van der Waals surface area contributed by atoms with Gasteiger partial charge in [-0.2, -0.15) is 5.10 Å². The minimum absolute atomic E-state index is 0.236. The van der Waals surface area contributed by atoms with Gasteiger partial charge in [0, 0.05) is 5.56 Å². The van der Waals surface area contributed by atoms with Crippen LogP contribution in [-0.2, 0) is 0 Å². The van der Waals surface area contributed by atoms with Crippen LogP contribution in [0.5, 0.6) is 5.75 Å². The number of rotatable bonds is 2. The third-order valence-corrected chi connectivity index (χ3v) is 3.69. The molecule has 3 nitrogen and oxygen atoms in total. The number of nitrogens with zero attached hydrogens (tertiary/aromatic N) is 2. The maximum atomic E-state index is 10.4. The Bertz CT molecular complexity index is 702. The largest absolute Gasteiger partial charge is 0.504 e. The smallest absolute Gasteiger partial charge is 0.165 e. The van der Waals surface area contributed by atoms with E-state index in [1.54, 1.807) is 4.68 Å². The average Bonchev–Trinajstić information content (AvgIpc) is 2.78. The lowest BCUT2D eigenvalue weighted by molar-refractivity contribution is 0.472. The van der Waals surface area contributed by atoms with Gasteiger partial charge in [0.15, 0.2) is 5.75 Å². The van der Waals surface area contributed by atoms with E-state index in [2.05, 4.69) is 12.0 Å². The predicted octanol–water partition coefficient (Wildman–Crippen LogP) is 4.17. The molecular formula is C18H18N2O. The maximum Gasteiger partial charge on any atom is 0.165 e. The third-order valence-electron chi connectivity index (χ3n) is 3.69. The van der Waals surface area contributed by atoms with E-state index < -0.39 is 0 Å². The molecule has 1 N–H and O–H groups in total. The zero-order valence-corrected chi connectivity index (χ0v) is 12.5. The fraction of sp³-hybridized carbons (Fsp3) is 0.167. The molecule has 0 radical (unpaired) electrons. The predicted molar refractivity (Wildman–Crippen MR) is 84.9 cm³/mol. The highest BCUT2D eigenvalue weighted by Crippen LogP contribution is 2.32. The molecule has 0 saturated carbocycles. The Morgan fingerprint density at radius 2 is 1.33 bits per heavy atom. The summed E-state index contributed by atoms with van der Waals surface area (Å²) in [4.78, 5) is 0. The van der Waals surface area contributed by atoms with Crippen molar-refractivity contribution in [3.63, 3.8) is 0 Å². The molecule has 21 heavy (non-hydrogen) atoms. The van der Waals surface area contributed by atoms with Gasteiger partial charge in [-0.25, -0.2) is 4.68 Å². The van der Waals surface area contributed by atoms with Gasteiger partial charge in [0.2, 0.25) is 0 Å². The Balaban J connectivity index is 2.11. The standard InChI is InChI=1S/C18H18N2O/c1-12-4-8-15(9-5-12)17-18(21)14(3)20(19-17)16-10-6-13(2)7-11-16/h4-11,21H,1-3H3. The van der Waals surface area contributed by atoms with Gasteiger partial charge < -0.3 is 5.11 Å². The normalized spacial score (nSPS) is 10.8. The summed E-state index contributed by atoms with van der Waals surface area (Å²) < 4.78 is 1.78. The molecule has 0 saturated heterocycles. The van der Waals surface area contributed by atoms with Crippen molar-refractivity contribution >= 4 is 0 Å². The highest BCUT2D eigenvalue weighted by atomic mass is 16.3. The molecule has 3 heteroatoms. The van der Waals surface area contributed by atoms with Crippen LogP contribution >= 0.6 is 0 Å². The number of benzene rings is 2. The van der Waals surface area contributed by atoms with Crippen LogP contribution in [-0.4, -0.2) is 14.9 Å². The molecule has 0 unspecified atom stereocenters. The monoisotopic (exact) mass is 278 g/mol. The highest BCUT2D eigenvalue weighted by Gasteiger charge is 2.16. The first-order chi connectivity index (χ1) is 10.1. The van der Waals surface area contributed by atoms with Gasteiger partial charge in [-0.3, -0.25) is 0 Å². The van der Waals surface area contributed by atoms with E-state index >= 15 is 0 Å². The van der Waals surface area contributed by atoms with Crippen molar-refractivity contribution < 1.29 is 5.11 Å². The van der Waals surface area contributed by atoms with Crippen molar-refractivity contribution in [3.05, 3.63) is 65.4 Å². The van der Waals surface area contributed by atoms with E-state index in [0.717, 1.165) is 16.9 Å². The van der Waals surface area contributed by atoms with Crippen LogP contribution in [0.1, 0.15) is 16.8 Å². The van der Waals surface area contributed by atoms with Gasteiger partial charge >= 0.3 is 0 Å². The van der Waals surface area contributed by atoms with Crippen LogP contribution in [0.4, 0.5) is 0 Å². The molecular weight excluding hydrogens is 260 g/mol. The summed E-state index contributed by atoms with van der Waals surface area (Å²) in [6.45, 7) is 5.97. The molecule has 106 valence electrons. The van der Waals surface area contributed by atoms with Crippen molar-refractivity contribution in [1.29, 1.82) is 0 Å². The van der Waals surface area contributed by atoms with E-state index in [-0.39, 0.29) is 5.75 Å². The summed E-state index contributed by atoms with van der Waals surface area (Å²) >= 11 is 0. The lowest BCUT2D eigenvalue weighted by Crippen LogP contribution is -1.98. The first-order valence-electron chi connectivity index (χ1n) is 6.99. The summed E-state index contributed by atoms with van der Waals surface area (Å²) in [5.41, 5.74) is 5.63. The fourth-order valence-corrected chi connectivity index (χ4v) is 2.34. The number of hydrogen-bond donors (Lipinski definition) is 1. The second-order valence-corrected chi connectivity index (χ2v) is 5.40. The lowest BCUT2D eigenvalue weighted by Gasteiger charge is -2.04. The van der Waals surface area contributed by atoms with Gasteiger partial charge in [0.05, 0.1) is 11.4 Å². The Morgan fingerprint density at radius 1 is 0.810 bits per heavy atom. The lowest BCUT2D eigenvalue weighted by atomic mass is 10.1. The van der Waals surface area contributed by atoms with E-state index in [9.17, 15) is 5.11 Å². The average molecular weight is 278 g/mol. The van der Waals surface area contributed by atoms with Crippen LogP contribution in [0.2, 0.25) is 0 Å². The quantitative estimate of drug-likeness (QED) is 0.764. The van der Waals surface area contributed by atoms with Gasteiger partial charge in [-0.1, -0.05) is 47.5 Å². The topological polar surface area (TPSA) is 38.0 Å². The molecule has 0 aliphatic heterocycles. The zero-order valence-electron chi connectivity index (χ0n) is 12.5. The van der Waals surface area contributed by atoms with Crippen molar-refractivity contribution in [2.45, 2.75) is 20.8 Å². The fourth-order valence-electron chi connectivity index (χ4n) is 2.34. The minimum Gasteiger partial charge on any atom is -0.504 e. The Kier molecular flexibility index (Phi) is 3.26. The molecule has 0 amide bonds. The van der Waals surface area contributed by atoms with Crippen molar-refractivity contribution in [1.82, 2.24) is 9.78 Å². The molecule has 3 rings (SSSR count). The molecule has 0 aliphatic carbocycles. The van der Waals surface area contributed by atoms with Gasteiger partial charge in [-0.15, -0.1) is 0 Å². The van der Waals surface area contributed by atoms with E-state index in [1.165, 1.54) is 11.1 Å². The molecule has 0 spiro atoms. The Hall–Kier alpha value is -2.55. The molecule has 0 atom stereocenters. The summed E-state index contributed by atoms with van der Waals surface area (Å²) in [7, 11) is 0. The first kappa shape index (κ1) is 13.4. The van der Waals surface area contributed by atoms with Crippen LogP contribution < -0.4 is 0 Å². The molecule has 1 aromatic heterocycles. The Labute approximate surface area is 124 Å². The summed E-state index contributed by atoms with van der Waals surface area (Å²) in [5.74, 6) is 0.236. The van der Waals surface area contributed by atoms with Gasteiger partial charge in [0.25, 0.3) is 0 Å². The SMILES string of the molecule is Cc1ccc(-c2nn(-c3ccc(C)cc3)c(C)c2O)cc1. The summed E-state index contributed by atoms with van der Waals surface area (Å²) in [5, 5.41) is 14.9. The third kappa shape index (κ3) is 2.42. The summed E-state index contributed by atoms with van der Waals surface area (Å²) in [6, 6.07) is 16.1. The molecule has 2 aromatic carbocycles. The summed E-state index contributed by atoms with van der Waals surface area (Å²) in [6.07, 6.45) is 0. The number of aromatic nitrogens is 2. The number of aromatic hydroxyl groups is 1. The number of hydrogen-bond acceptors (Lipinski definition) is 2. The van der Waals surface area contributed by atoms with Crippen LogP contribution in [0.3, 0.4) is 0 Å². The number of aryl methyl sites for hydroxylation is 2. The zero-order chi connectivity index (χ0) is 15.0. The van der Waals surface area contributed by atoms with Crippen LogP contribution in [0.15, 0.2) is 48.5 Å². The van der Waals surface area contributed by atoms with E-state index in [0.29, 0.717) is 5.69 Å². The Morgan fingerprint density at radius 3 is 1.90 bits per heavy atom. The molecule has 3 aromatic rings. The molecule has 1 heterocycles. The first-order valence-corrected chi connectivity index (χ1v) is 6.99. The van der Waals surface area contributed by atoms with Crippen molar-refractivity contribution in [3.8, 4) is 22.7 Å². The molecule has 0 bridgehead atoms. The van der Waals surface area contributed by atoms with Gasteiger partial charge in [0.1, 0.15) is 5.69 Å². The van der Waals surface area contributed by atoms with Crippen LogP contribution in [0.25, 0.3) is 16.9 Å². The second-order valence-electron chi connectivity index (χ2n) is 5.40. The van der Waals surface area contributed by atoms with Crippen molar-refractivity contribution in [2.24, 2.45) is 0 Å². The molecule has 0 fully saturated rings. The van der Waals surface area contributed by atoms with Crippen molar-refractivity contribution in [2.75, 3.05) is 0 Å². The van der Waals surface area contributed by atoms with Crippen LogP contribution in [0, 0.1) is 20.8 Å². The molecule has 0 aliphatic rings. The maximum absolute atomic E-state index is 10.4. The van der Waals surface area contributed by atoms with Gasteiger partial charge in [-0.05, 0) is 32.9 Å². The van der Waals surface area contributed by atoms with E-state index in [1.807, 2.05) is 62.4 Å². The second kappa shape index (κ2) is 5.09.